The zero-order chi connectivity index (χ0) is 15.5. The lowest BCUT2D eigenvalue weighted by molar-refractivity contribution is -0.120. The van der Waals surface area contributed by atoms with Crippen molar-refractivity contribution in [2.24, 2.45) is 0 Å². The van der Waals surface area contributed by atoms with Crippen molar-refractivity contribution in [3.8, 4) is 17.2 Å². The molecule has 0 atom stereocenters. The van der Waals surface area contributed by atoms with E-state index in [1.54, 1.807) is 49.5 Å². The third-order valence-electron chi connectivity index (χ3n) is 3.29. The fourth-order valence-electron chi connectivity index (χ4n) is 2.01. The lowest BCUT2D eigenvalue weighted by Crippen LogP contribution is -2.31. The lowest BCUT2D eigenvalue weighted by atomic mass is 10.2. The van der Waals surface area contributed by atoms with Gasteiger partial charge in [0.05, 0.1) is 0 Å². The number of halogens is 1. The Kier molecular flexibility index (Phi) is 4.06. The van der Waals surface area contributed by atoms with Gasteiger partial charge in [-0.3, -0.25) is 4.79 Å². The maximum absolute atomic E-state index is 12.2. The second-order valence-corrected chi connectivity index (χ2v) is 5.17. The monoisotopic (exact) mass is 319 g/mol. The molecule has 1 aliphatic rings. The van der Waals surface area contributed by atoms with Gasteiger partial charge in [-0.05, 0) is 36.4 Å². The van der Waals surface area contributed by atoms with Gasteiger partial charge in [0, 0.05) is 23.8 Å². The lowest BCUT2D eigenvalue weighted by Gasteiger charge is -2.18. The van der Waals surface area contributed by atoms with Gasteiger partial charge in [0.1, 0.15) is 5.75 Å². The fraction of sp³-hybridized carbons (Fsp3) is 0.188. The van der Waals surface area contributed by atoms with E-state index in [4.69, 9.17) is 25.8 Å². The highest BCUT2D eigenvalue weighted by atomic mass is 35.5. The first-order chi connectivity index (χ1) is 10.6. The number of anilines is 1. The highest BCUT2D eigenvalue weighted by Gasteiger charge is 2.17. The van der Waals surface area contributed by atoms with Crippen LogP contribution in [0.2, 0.25) is 5.02 Å². The minimum absolute atomic E-state index is 0.0629. The molecule has 2 aromatic rings. The molecule has 0 radical (unpaired) electrons. The number of benzene rings is 2. The number of amides is 1. The maximum Gasteiger partial charge on any atom is 0.264 e. The first kappa shape index (κ1) is 14.5. The minimum Gasteiger partial charge on any atom is -0.484 e. The molecule has 1 heterocycles. The first-order valence-electron chi connectivity index (χ1n) is 6.68. The fourth-order valence-corrected chi connectivity index (χ4v) is 2.14. The van der Waals surface area contributed by atoms with Crippen LogP contribution in [0.5, 0.6) is 17.2 Å². The summed E-state index contributed by atoms with van der Waals surface area (Å²) in [5.74, 6) is 1.74. The van der Waals surface area contributed by atoms with E-state index in [0.717, 1.165) is 0 Å². The number of fused-ring (bicyclic) bond motifs is 1. The van der Waals surface area contributed by atoms with Crippen LogP contribution < -0.4 is 19.1 Å². The van der Waals surface area contributed by atoms with Crippen LogP contribution in [0.1, 0.15) is 0 Å². The van der Waals surface area contributed by atoms with Gasteiger partial charge < -0.3 is 19.1 Å². The Labute approximate surface area is 133 Å². The van der Waals surface area contributed by atoms with Crippen LogP contribution in [0, 0.1) is 0 Å². The van der Waals surface area contributed by atoms with Crippen molar-refractivity contribution >= 4 is 23.2 Å². The molecule has 0 unspecified atom stereocenters. The SMILES string of the molecule is CN(C(=O)COc1ccc(Cl)cc1)c1ccc2c(c1)OCO2. The molecular weight excluding hydrogens is 306 g/mol. The molecule has 0 fully saturated rings. The molecule has 0 N–H and O–H groups in total. The van der Waals surface area contributed by atoms with Gasteiger partial charge in [0.2, 0.25) is 6.79 Å². The van der Waals surface area contributed by atoms with Gasteiger partial charge in [-0.25, -0.2) is 0 Å². The van der Waals surface area contributed by atoms with Gasteiger partial charge in [0.15, 0.2) is 18.1 Å². The zero-order valence-corrected chi connectivity index (χ0v) is 12.7. The summed E-state index contributed by atoms with van der Waals surface area (Å²) in [6.07, 6.45) is 0. The molecule has 6 heteroatoms. The summed E-state index contributed by atoms with van der Waals surface area (Å²) in [5.41, 5.74) is 0.717. The quantitative estimate of drug-likeness (QED) is 0.869. The first-order valence-corrected chi connectivity index (χ1v) is 7.06. The topological polar surface area (TPSA) is 48.0 Å². The molecule has 114 valence electrons. The van der Waals surface area contributed by atoms with Crippen molar-refractivity contribution in [1.82, 2.24) is 0 Å². The number of carbonyl (C=O) groups excluding carboxylic acids is 1. The van der Waals surface area contributed by atoms with Crippen molar-refractivity contribution in [3.63, 3.8) is 0 Å². The molecule has 5 nitrogen and oxygen atoms in total. The molecular formula is C16H14ClNO4. The van der Waals surface area contributed by atoms with Crippen LogP contribution in [0.3, 0.4) is 0 Å². The average Bonchev–Trinajstić information content (AvgIpc) is 3.00. The van der Waals surface area contributed by atoms with Gasteiger partial charge in [-0.1, -0.05) is 11.6 Å². The molecule has 0 saturated heterocycles. The van der Waals surface area contributed by atoms with Crippen LogP contribution in [-0.4, -0.2) is 26.4 Å². The molecule has 2 aromatic carbocycles. The van der Waals surface area contributed by atoms with E-state index in [1.807, 2.05) is 0 Å². The molecule has 22 heavy (non-hydrogen) atoms. The minimum atomic E-state index is -0.172. The van der Waals surface area contributed by atoms with Gasteiger partial charge >= 0.3 is 0 Å². The highest BCUT2D eigenvalue weighted by molar-refractivity contribution is 6.30. The number of nitrogens with zero attached hydrogens (tertiary/aromatic N) is 1. The maximum atomic E-state index is 12.2. The standard InChI is InChI=1S/C16H14ClNO4/c1-18(12-4-7-14-15(8-12)22-10-21-14)16(19)9-20-13-5-2-11(17)3-6-13/h2-8H,9-10H2,1H3. The predicted octanol–water partition coefficient (Wildman–Crippen LogP) is 3.11. The number of likely N-dealkylation sites (N-methyl/N-ethyl adjacent to an activating group) is 1. The van der Waals surface area contributed by atoms with E-state index < -0.39 is 0 Å². The van der Waals surface area contributed by atoms with E-state index in [9.17, 15) is 4.79 Å². The van der Waals surface area contributed by atoms with E-state index in [0.29, 0.717) is 28.0 Å². The van der Waals surface area contributed by atoms with Gasteiger partial charge in [0.25, 0.3) is 5.91 Å². The highest BCUT2D eigenvalue weighted by Crippen LogP contribution is 2.35. The van der Waals surface area contributed by atoms with Crippen LogP contribution in [0.15, 0.2) is 42.5 Å². The van der Waals surface area contributed by atoms with Crippen molar-refractivity contribution in [2.45, 2.75) is 0 Å². The molecule has 0 saturated carbocycles. The van der Waals surface area contributed by atoms with E-state index in [1.165, 1.54) is 4.90 Å². The second-order valence-electron chi connectivity index (χ2n) is 4.73. The average molecular weight is 320 g/mol. The van der Waals surface area contributed by atoms with Gasteiger partial charge in [-0.15, -0.1) is 0 Å². The van der Waals surface area contributed by atoms with Crippen molar-refractivity contribution in [3.05, 3.63) is 47.5 Å². The van der Waals surface area contributed by atoms with Crippen LogP contribution in [0.25, 0.3) is 0 Å². The summed E-state index contributed by atoms with van der Waals surface area (Å²) in [6, 6.07) is 12.2. The smallest absolute Gasteiger partial charge is 0.264 e. The van der Waals surface area contributed by atoms with Gasteiger partial charge in [-0.2, -0.15) is 0 Å². The molecule has 0 aliphatic carbocycles. The number of carbonyl (C=O) groups is 1. The number of hydrogen-bond acceptors (Lipinski definition) is 4. The molecule has 1 amide bonds. The largest absolute Gasteiger partial charge is 0.484 e. The van der Waals surface area contributed by atoms with Crippen molar-refractivity contribution in [1.29, 1.82) is 0 Å². The number of hydrogen-bond donors (Lipinski definition) is 0. The summed E-state index contributed by atoms with van der Waals surface area (Å²) in [7, 11) is 1.69. The third-order valence-corrected chi connectivity index (χ3v) is 3.55. The zero-order valence-electron chi connectivity index (χ0n) is 11.9. The van der Waals surface area contributed by atoms with E-state index in [-0.39, 0.29) is 19.3 Å². The number of rotatable bonds is 4. The summed E-state index contributed by atoms with van der Waals surface area (Å²) in [5, 5.41) is 0.621. The predicted molar refractivity (Wildman–Crippen MR) is 82.9 cm³/mol. The Balaban J connectivity index is 1.63. The third kappa shape index (κ3) is 3.09. The Morgan fingerprint density at radius 3 is 2.68 bits per heavy atom. The summed E-state index contributed by atoms with van der Waals surface area (Å²) in [4.78, 5) is 13.7. The summed E-state index contributed by atoms with van der Waals surface area (Å²) >= 11 is 5.80. The molecule has 0 aromatic heterocycles. The Hall–Kier alpha value is -2.40. The Morgan fingerprint density at radius 1 is 1.18 bits per heavy atom. The van der Waals surface area contributed by atoms with Crippen LogP contribution >= 0.6 is 11.6 Å². The number of ether oxygens (including phenoxy) is 3. The normalized spacial score (nSPS) is 12.1. The van der Waals surface area contributed by atoms with Crippen molar-refractivity contribution < 1.29 is 19.0 Å². The van der Waals surface area contributed by atoms with Crippen molar-refractivity contribution in [2.75, 3.05) is 25.3 Å². The molecule has 3 rings (SSSR count). The molecule has 0 spiro atoms. The van der Waals surface area contributed by atoms with Crippen LogP contribution in [-0.2, 0) is 4.79 Å². The summed E-state index contributed by atoms with van der Waals surface area (Å²) < 4.78 is 16.0. The molecule has 1 aliphatic heterocycles. The van der Waals surface area contributed by atoms with E-state index >= 15 is 0 Å². The molecule has 0 bridgehead atoms. The Morgan fingerprint density at radius 2 is 1.91 bits per heavy atom. The summed E-state index contributed by atoms with van der Waals surface area (Å²) in [6.45, 7) is 0.142. The second kappa shape index (κ2) is 6.15. The van der Waals surface area contributed by atoms with Crippen LogP contribution in [0.4, 0.5) is 5.69 Å². The Bertz CT molecular complexity index is 687. The van der Waals surface area contributed by atoms with E-state index in [2.05, 4.69) is 0 Å².